The van der Waals surface area contributed by atoms with Crippen molar-refractivity contribution in [3.05, 3.63) is 83.9 Å². The van der Waals surface area contributed by atoms with Crippen LogP contribution in [0.25, 0.3) is 0 Å². The highest BCUT2D eigenvalue weighted by Gasteiger charge is 2.94. The smallest absolute Gasteiger partial charge is 0.338 e. The summed E-state index contributed by atoms with van der Waals surface area (Å²) in [5, 5.41) is 0. The minimum absolute atomic E-state index is 0.162. The maximum absolute atomic E-state index is 13.3. The normalized spacial score (nSPS) is 36.2. The van der Waals surface area contributed by atoms with E-state index in [4.69, 9.17) is 14.2 Å². The van der Waals surface area contributed by atoms with E-state index in [2.05, 4.69) is 6.58 Å². The van der Waals surface area contributed by atoms with Gasteiger partial charge in [0.05, 0.1) is 29.6 Å². The number of hydrogen-bond donors (Lipinski definition) is 0. The van der Waals surface area contributed by atoms with Gasteiger partial charge in [0, 0.05) is 5.41 Å². The molecular weight excluding hydrogens is 404 g/mol. The van der Waals surface area contributed by atoms with Gasteiger partial charge in [-0.15, -0.1) is 0 Å². The Morgan fingerprint density at radius 2 is 1.81 bits per heavy atom. The Morgan fingerprint density at radius 3 is 2.56 bits per heavy atom. The van der Waals surface area contributed by atoms with E-state index in [1.54, 1.807) is 12.1 Å². The lowest BCUT2D eigenvalue weighted by Gasteiger charge is -2.65. The lowest BCUT2D eigenvalue weighted by Crippen LogP contribution is -2.71. The number of esters is 2. The van der Waals surface area contributed by atoms with Crippen LogP contribution in [0.3, 0.4) is 0 Å². The van der Waals surface area contributed by atoms with Crippen molar-refractivity contribution in [2.45, 2.75) is 44.5 Å². The number of hydrogen-bond acceptors (Lipinski definition) is 5. The van der Waals surface area contributed by atoms with Crippen molar-refractivity contribution in [3.63, 3.8) is 0 Å². The fourth-order valence-electron chi connectivity index (χ4n) is 7.33. The molecule has 0 radical (unpaired) electrons. The van der Waals surface area contributed by atoms with Crippen LogP contribution in [0.2, 0.25) is 0 Å². The second kappa shape index (κ2) is 6.79. The van der Waals surface area contributed by atoms with Gasteiger partial charge in [-0.2, -0.15) is 0 Å². The van der Waals surface area contributed by atoms with Crippen molar-refractivity contribution in [3.8, 4) is 0 Å². The molecule has 0 unspecified atom stereocenters. The zero-order valence-corrected chi connectivity index (χ0v) is 17.9. The third-order valence-corrected chi connectivity index (χ3v) is 8.48. The summed E-state index contributed by atoms with van der Waals surface area (Å²) in [6, 6.07) is 19.0. The molecule has 2 aromatic carbocycles. The molecule has 5 nitrogen and oxygen atoms in total. The fraction of sp³-hybridized carbons (Fsp3) is 0.407. The lowest BCUT2D eigenvalue weighted by atomic mass is 9.35. The summed E-state index contributed by atoms with van der Waals surface area (Å²) in [5.41, 5.74) is 0.838. The first-order chi connectivity index (χ1) is 15.6. The first kappa shape index (κ1) is 19.7. The average molecular weight is 431 g/mol. The van der Waals surface area contributed by atoms with Crippen LogP contribution >= 0.6 is 0 Å². The molecule has 1 saturated heterocycles. The Morgan fingerprint density at radius 1 is 1.09 bits per heavy atom. The highest BCUT2D eigenvalue weighted by atomic mass is 16.6. The molecule has 1 heterocycles. The van der Waals surface area contributed by atoms with Crippen molar-refractivity contribution in [2.75, 3.05) is 6.61 Å². The molecule has 1 spiro atoms. The molecule has 1 aliphatic heterocycles. The maximum atomic E-state index is 13.3. The van der Waals surface area contributed by atoms with Crippen LogP contribution < -0.4 is 0 Å². The molecule has 0 aromatic heterocycles. The van der Waals surface area contributed by atoms with Gasteiger partial charge in [-0.05, 0) is 43.4 Å². The van der Waals surface area contributed by atoms with Crippen molar-refractivity contribution in [1.82, 2.24) is 0 Å². The molecule has 7 rings (SSSR count). The van der Waals surface area contributed by atoms with Gasteiger partial charge in [-0.25, -0.2) is 4.79 Å². The lowest BCUT2D eigenvalue weighted by molar-refractivity contribution is -0.196. The van der Waals surface area contributed by atoms with Crippen molar-refractivity contribution < 1.29 is 23.8 Å². The van der Waals surface area contributed by atoms with E-state index in [0.29, 0.717) is 31.6 Å². The number of rotatable bonds is 6. The van der Waals surface area contributed by atoms with Gasteiger partial charge in [-0.1, -0.05) is 60.7 Å². The molecule has 0 N–H and O–H groups in total. The fourth-order valence-corrected chi connectivity index (χ4v) is 7.33. The van der Waals surface area contributed by atoms with Gasteiger partial charge in [0.25, 0.3) is 0 Å². The Kier molecular flexibility index (Phi) is 4.19. The first-order valence-electron chi connectivity index (χ1n) is 11.3. The Labute approximate surface area is 187 Å². The zero-order chi connectivity index (χ0) is 22.0. The second-order valence-corrected chi connectivity index (χ2v) is 9.56. The van der Waals surface area contributed by atoms with Crippen LogP contribution in [-0.2, 0) is 25.6 Å². The number of carbonyl (C=O) groups is 2. The van der Waals surface area contributed by atoms with Crippen LogP contribution in [0.15, 0.2) is 72.8 Å². The molecule has 5 aliphatic rings. The van der Waals surface area contributed by atoms with Gasteiger partial charge < -0.3 is 14.2 Å². The third-order valence-electron chi connectivity index (χ3n) is 8.48. The molecule has 2 aromatic rings. The SMILES string of the molecule is C=C1[C@@]2(COCc3ccccc3)C[C@@H]3OC(=O)[C@]24CCC[C@@H](OC(=O)c2ccccc2)[C@@]134. The molecule has 5 heteroatoms. The predicted octanol–water partition coefficient (Wildman–Crippen LogP) is 4.47. The molecule has 4 bridgehead atoms. The molecule has 4 saturated carbocycles. The highest BCUT2D eigenvalue weighted by Crippen LogP contribution is 2.88. The van der Waals surface area contributed by atoms with Crippen LogP contribution in [0.1, 0.15) is 41.6 Å². The van der Waals surface area contributed by atoms with E-state index in [9.17, 15) is 9.59 Å². The molecule has 5 fully saturated rings. The topological polar surface area (TPSA) is 61.8 Å². The summed E-state index contributed by atoms with van der Waals surface area (Å²) in [4.78, 5) is 26.1. The molecule has 164 valence electrons. The van der Waals surface area contributed by atoms with Crippen LogP contribution in [0.4, 0.5) is 0 Å². The standard InChI is InChI=1S/C27H26O5/c1-18-25(17-30-16-19-9-4-2-5-10-19)15-22-27(18)21(13-8-14-26(25,27)24(29)32-22)31-23(28)20-11-6-3-7-12-20/h2-7,9-12,21-22H,1,8,13-17H2/t21-,22+,25+,26-,27+/m1/s1. The zero-order valence-electron chi connectivity index (χ0n) is 17.9. The third kappa shape index (κ3) is 2.17. The van der Waals surface area contributed by atoms with Crippen molar-refractivity contribution in [2.24, 2.45) is 16.2 Å². The number of carbonyl (C=O) groups excluding carboxylic acids is 2. The van der Waals surface area contributed by atoms with E-state index in [-0.39, 0.29) is 18.0 Å². The number of benzene rings is 2. The van der Waals surface area contributed by atoms with Gasteiger partial charge in [0.2, 0.25) is 0 Å². The monoisotopic (exact) mass is 430 g/mol. The summed E-state index contributed by atoms with van der Waals surface area (Å²) >= 11 is 0. The number of ether oxygens (including phenoxy) is 3. The van der Waals surface area contributed by atoms with E-state index >= 15 is 0 Å². The van der Waals surface area contributed by atoms with Gasteiger partial charge in [0.15, 0.2) is 0 Å². The summed E-state index contributed by atoms with van der Waals surface area (Å²) < 4.78 is 18.1. The second-order valence-electron chi connectivity index (χ2n) is 9.56. The van der Waals surface area contributed by atoms with E-state index in [1.807, 2.05) is 48.5 Å². The van der Waals surface area contributed by atoms with Crippen LogP contribution in [-0.4, -0.2) is 30.8 Å². The minimum Gasteiger partial charge on any atom is -0.461 e. The van der Waals surface area contributed by atoms with Crippen LogP contribution in [0.5, 0.6) is 0 Å². The predicted molar refractivity (Wildman–Crippen MR) is 117 cm³/mol. The summed E-state index contributed by atoms with van der Waals surface area (Å²) in [6.45, 7) is 5.38. The molecule has 32 heavy (non-hydrogen) atoms. The van der Waals surface area contributed by atoms with Crippen LogP contribution in [0, 0.1) is 16.2 Å². The Balaban J connectivity index is 1.28. The molecule has 5 atom stereocenters. The molecular formula is C27H26O5. The Hall–Kier alpha value is -2.92. The summed E-state index contributed by atoms with van der Waals surface area (Å²) in [5.74, 6) is -0.517. The maximum Gasteiger partial charge on any atom is 0.338 e. The molecule has 4 aliphatic carbocycles. The van der Waals surface area contributed by atoms with Gasteiger partial charge >= 0.3 is 11.9 Å². The highest BCUT2D eigenvalue weighted by molar-refractivity contribution is 5.92. The quantitative estimate of drug-likeness (QED) is 0.500. The van der Waals surface area contributed by atoms with E-state index < -0.39 is 22.3 Å². The van der Waals surface area contributed by atoms with Crippen molar-refractivity contribution >= 4 is 11.9 Å². The first-order valence-corrected chi connectivity index (χ1v) is 11.3. The van der Waals surface area contributed by atoms with E-state index in [0.717, 1.165) is 24.0 Å². The summed E-state index contributed by atoms with van der Waals surface area (Å²) in [7, 11) is 0. The van der Waals surface area contributed by atoms with Crippen molar-refractivity contribution in [1.29, 1.82) is 0 Å². The van der Waals surface area contributed by atoms with E-state index in [1.165, 1.54) is 0 Å². The average Bonchev–Trinajstić information content (AvgIpc) is 3.33. The minimum atomic E-state index is -0.696. The Bertz CT molecular complexity index is 1100. The molecule has 0 amide bonds. The summed E-state index contributed by atoms with van der Waals surface area (Å²) in [6.07, 6.45) is 2.26. The van der Waals surface area contributed by atoms with Gasteiger partial charge in [0.1, 0.15) is 12.2 Å². The largest absolute Gasteiger partial charge is 0.461 e. The van der Waals surface area contributed by atoms with Gasteiger partial charge in [-0.3, -0.25) is 4.79 Å².